The van der Waals surface area contributed by atoms with Crippen molar-refractivity contribution < 1.29 is 9.18 Å². The van der Waals surface area contributed by atoms with Crippen LogP contribution in [0.15, 0.2) is 18.2 Å². The molecule has 0 bridgehead atoms. The Labute approximate surface area is 112 Å². The minimum atomic E-state index is -0.296. The van der Waals surface area contributed by atoms with Crippen LogP contribution < -0.4 is 0 Å². The molecule has 1 aromatic carbocycles. The topological polar surface area (TPSA) is 20.3 Å². The maximum Gasteiger partial charge on any atom is 0.146 e. The average molecular weight is 270 g/mol. The van der Waals surface area contributed by atoms with Gasteiger partial charge in [-0.2, -0.15) is 0 Å². The van der Waals surface area contributed by atoms with E-state index in [1.807, 2.05) is 0 Å². The van der Waals surface area contributed by atoms with E-state index < -0.39 is 0 Å². The van der Waals surface area contributed by atoms with Crippen LogP contribution in [0.2, 0.25) is 5.02 Å². The van der Waals surface area contributed by atoms with Crippen molar-refractivity contribution >= 4 is 17.4 Å². The summed E-state index contributed by atoms with van der Waals surface area (Å²) in [7, 11) is 0. The lowest BCUT2D eigenvalue weighted by Gasteiger charge is -2.34. The Balaban J connectivity index is 2.13. The van der Waals surface area contributed by atoms with Crippen LogP contribution in [0.5, 0.6) is 0 Å². The van der Waals surface area contributed by atoms with Crippen molar-refractivity contribution in [3.05, 3.63) is 34.6 Å². The molecule has 0 N–H and O–H groups in total. The van der Waals surface area contributed by atoms with Gasteiger partial charge in [0.15, 0.2) is 0 Å². The lowest BCUT2D eigenvalue weighted by atomic mass is 9.98. The quantitative estimate of drug-likeness (QED) is 0.838. The van der Waals surface area contributed by atoms with Gasteiger partial charge < -0.3 is 0 Å². The highest BCUT2D eigenvalue weighted by Crippen LogP contribution is 2.22. The number of piperidine rings is 1. The third-order valence-electron chi connectivity index (χ3n) is 3.47. The summed E-state index contributed by atoms with van der Waals surface area (Å²) in [5.74, 6) is -0.126. The van der Waals surface area contributed by atoms with E-state index in [1.54, 1.807) is 19.1 Å². The van der Waals surface area contributed by atoms with Gasteiger partial charge in [0.05, 0.1) is 6.04 Å². The highest BCUT2D eigenvalue weighted by atomic mass is 35.5. The number of likely N-dealkylation sites (tertiary alicyclic amines) is 1. The smallest absolute Gasteiger partial charge is 0.146 e. The summed E-state index contributed by atoms with van der Waals surface area (Å²) in [5.41, 5.74) is 0.604. The molecule has 1 fully saturated rings. The number of carbonyl (C=O) groups excluding carboxylic acids is 1. The zero-order valence-corrected chi connectivity index (χ0v) is 11.2. The number of ketones is 1. The first-order valence-electron chi connectivity index (χ1n) is 6.26. The molecule has 1 aliphatic heterocycles. The Morgan fingerprint density at radius 1 is 1.50 bits per heavy atom. The number of rotatable bonds is 3. The summed E-state index contributed by atoms with van der Waals surface area (Å²) in [6.07, 6.45) is 3.02. The van der Waals surface area contributed by atoms with E-state index in [1.165, 1.54) is 6.07 Å². The van der Waals surface area contributed by atoms with Crippen molar-refractivity contribution in [3.8, 4) is 0 Å². The van der Waals surface area contributed by atoms with Crippen molar-refractivity contribution in [3.63, 3.8) is 0 Å². The highest BCUT2D eigenvalue weighted by Gasteiger charge is 2.26. The van der Waals surface area contributed by atoms with Crippen molar-refractivity contribution in [2.45, 2.75) is 38.8 Å². The zero-order chi connectivity index (χ0) is 13.1. The van der Waals surface area contributed by atoms with Crippen LogP contribution in [-0.4, -0.2) is 23.3 Å². The molecule has 1 atom stereocenters. The molecule has 1 aliphatic rings. The van der Waals surface area contributed by atoms with Gasteiger partial charge in [0.1, 0.15) is 11.6 Å². The number of nitrogens with zero attached hydrogens (tertiary/aromatic N) is 1. The van der Waals surface area contributed by atoms with Crippen molar-refractivity contribution in [1.29, 1.82) is 0 Å². The van der Waals surface area contributed by atoms with Gasteiger partial charge in [-0.1, -0.05) is 24.1 Å². The molecule has 0 saturated carbocycles. The minimum absolute atomic E-state index is 0.0613. The molecule has 0 radical (unpaired) electrons. The summed E-state index contributed by atoms with van der Waals surface area (Å²) in [5, 5.41) is 0.401. The number of halogens is 2. The maximum atomic E-state index is 13.7. The molecule has 4 heteroatoms. The number of carbonyl (C=O) groups is 1. The van der Waals surface area contributed by atoms with Crippen LogP contribution in [0.25, 0.3) is 0 Å². The van der Waals surface area contributed by atoms with E-state index in [-0.39, 0.29) is 17.6 Å². The Hall–Kier alpha value is -0.930. The first-order chi connectivity index (χ1) is 8.58. The normalized spacial score (nSPS) is 20.9. The Kier molecular flexibility index (Phi) is 4.36. The molecule has 0 spiro atoms. The van der Waals surface area contributed by atoms with Crippen LogP contribution in [0.1, 0.15) is 31.7 Å². The number of benzene rings is 1. The summed E-state index contributed by atoms with van der Waals surface area (Å²) >= 11 is 5.73. The molecule has 1 saturated heterocycles. The maximum absolute atomic E-state index is 13.7. The van der Waals surface area contributed by atoms with Gasteiger partial charge in [-0.25, -0.2) is 4.39 Å². The van der Waals surface area contributed by atoms with E-state index in [0.717, 1.165) is 25.8 Å². The summed E-state index contributed by atoms with van der Waals surface area (Å²) in [6.45, 7) is 2.95. The van der Waals surface area contributed by atoms with Gasteiger partial charge in [-0.05, 0) is 38.4 Å². The number of Topliss-reactive ketones (excluding diaryl/α,β-unsaturated/α-hetero) is 1. The monoisotopic (exact) mass is 269 g/mol. The van der Waals surface area contributed by atoms with Gasteiger partial charge in [-0.15, -0.1) is 0 Å². The fourth-order valence-corrected chi connectivity index (χ4v) is 2.67. The second kappa shape index (κ2) is 5.81. The van der Waals surface area contributed by atoms with Gasteiger partial charge in [0.2, 0.25) is 0 Å². The Morgan fingerprint density at radius 2 is 2.28 bits per heavy atom. The van der Waals surface area contributed by atoms with E-state index in [4.69, 9.17) is 11.6 Å². The van der Waals surface area contributed by atoms with Crippen LogP contribution in [0.3, 0.4) is 0 Å². The zero-order valence-electron chi connectivity index (χ0n) is 10.5. The van der Waals surface area contributed by atoms with Crippen molar-refractivity contribution in [1.82, 2.24) is 4.90 Å². The molecule has 1 heterocycles. The standard InChI is InChI=1S/C14H17ClFNO/c1-10(18)14-4-2-3-7-17(14)9-11-5-6-12(15)8-13(11)16/h5-6,8,14H,2-4,7,9H2,1H3. The number of hydrogen-bond acceptors (Lipinski definition) is 2. The molecule has 1 aromatic rings. The molecular weight excluding hydrogens is 253 g/mol. The largest absolute Gasteiger partial charge is 0.298 e. The third kappa shape index (κ3) is 3.09. The van der Waals surface area contributed by atoms with Crippen LogP contribution >= 0.6 is 11.6 Å². The molecule has 2 rings (SSSR count). The molecule has 2 nitrogen and oxygen atoms in total. The summed E-state index contributed by atoms with van der Waals surface area (Å²) < 4.78 is 13.7. The fraction of sp³-hybridized carbons (Fsp3) is 0.500. The first-order valence-corrected chi connectivity index (χ1v) is 6.64. The van der Waals surface area contributed by atoms with Gasteiger partial charge >= 0.3 is 0 Å². The van der Waals surface area contributed by atoms with E-state index >= 15 is 0 Å². The van der Waals surface area contributed by atoms with E-state index in [9.17, 15) is 9.18 Å². The van der Waals surface area contributed by atoms with Gasteiger partial charge in [0.25, 0.3) is 0 Å². The lowest BCUT2D eigenvalue weighted by Crippen LogP contribution is -2.43. The van der Waals surface area contributed by atoms with Crippen LogP contribution in [-0.2, 0) is 11.3 Å². The highest BCUT2D eigenvalue weighted by molar-refractivity contribution is 6.30. The van der Waals surface area contributed by atoms with Gasteiger partial charge in [-0.3, -0.25) is 9.69 Å². The molecule has 0 aliphatic carbocycles. The molecule has 0 aromatic heterocycles. The third-order valence-corrected chi connectivity index (χ3v) is 3.71. The summed E-state index contributed by atoms with van der Waals surface area (Å²) in [4.78, 5) is 13.6. The average Bonchev–Trinajstić information content (AvgIpc) is 2.33. The van der Waals surface area contributed by atoms with E-state index in [0.29, 0.717) is 17.1 Å². The van der Waals surface area contributed by atoms with Crippen molar-refractivity contribution in [2.24, 2.45) is 0 Å². The first kappa shape index (κ1) is 13.5. The second-order valence-corrected chi connectivity index (χ2v) is 5.26. The molecule has 18 heavy (non-hydrogen) atoms. The second-order valence-electron chi connectivity index (χ2n) is 4.83. The molecule has 1 unspecified atom stereocenters. The Bertz CT molecular complexity index is 449. The molecule has 98 valence electrons. The van der Waals surface area contributed by atoms with E-state index in [2.05, 4.69) is 4.90 Å². The minimum Gasteiger partial charge on any atom is -0.298 e. The van der Waals surface area contributed by atoms with Crippen LogP contribution in [0.4, 0.5) is 4.39 Å². The predicted molar refractivity (Wildman–Crippen MR) is 70.1 cm³/mol. The Morgan fingerprint density at radius 3 is 2.94 bits per heavy atom. The SMILES string of the molecule is CC(=O)C1CCCCN1Cc1ccc(Cl)cc1F. The van der Waals surface area contributed by atoms with Crippen molar-refractivity contribution in [2.75, 3.05) is 6.54 Å². The van der Waals surface area contributed by atoms with Gasteiger partial charge in [0, 0.05) is 17.1 Å². The molecule has 0 amide bonds. The summed E-state index contributed by atoms with van der Waals surface area (Å²) in [6, 6.07) is 4.65. The number of hydrogen-bond donors (Lipinski definition) is 0. The molecular formula is C14H17ClFNO. The fourth-order valence-electron chi connectivity index (χ4n) is 2.51. The lowest BCUT2D eigenvalue weighted by molar-refractivity contribution is -0.123. The van der Waals surface area contributed by atoms with Crippen LogP contribution in [0, 0.1) is 5.82 Å². The predicted octanol–water partition coefficient (Wildman–Crippen LogP) is 3.42.